The molecule has 0 radical (unpaired) electrons. The molecule has 2 aliphatic rings. The molecule has 1 N–H and O–H groups in total. The van der Waals surface area contributed by atoms with Crippen LogP contribution in [0.15, 0.2) is 0 Å². The fourth-order valence-corrected chi connectivity index (χ4v) is 4.50. The molecule has 3 heteroatoms. The molecule has 0 bridgehead atoms. The molecule has 0 saturated carbocycles. The summed E-state index contributed by atoms with van der Waals surface area (Å²) in [5.41, 5.74) is 0. The predicted molar refractivity (Wildman–Crippen MR) is 63.8 cm³/mol. The van der Waals surface area contributed by atoms with Gasteiger partial charge in [0.1, 0.15) is 0 Å². The van der Waals surface area contributed by atoms with Crippen LogP contribution in [0.2, 0.25) is 0 Å². The van der Waals surface area contributed by atoms with Crippen molar-refractivity contribution in [3.63, 3.8) is 0 Å². The van der Waals surface area contributed by atoms with E-state index in [4.69, 9.17) is 0 Å². The fourth-order valence-electron chi connectivity index (χ4n) is 2.04. The number of hydrogen-bond acceptors (Lipinski definition) is 3. The van der Waals surface area contributed by atoms with Crippen molar-refractivity contribution in [3.8, 4) is 0 Å². The van der Waals surface area contributed by atoms with Crippen molar-refractivity contribution in [2.75, 3.05) is 23.8 Å². The highest BCUT2D eigenvalue weighted by Crippen LogP contribution is 2.27. The van der Waals surface area contributed by atoms with Crippen LogP contribution < -0.4 is 5.32 Å². The van der Waals surface area contributed by atoms with Gasteiger partial charge in [0.25, 0.3) is 0 Å². The van der Waals surface area contributed by atoms with Gasteiger partial charge in [0.2, 0.25) is 0 Å². The molecule has 3 unspecified atom stereocenters. The molecule has 0 aromatic rings. The lowest BCUT2D eigenvalue weighted by molar-refractivity contribution is 0.464. The molecule has 76 valence electrons. The maximum atomic E-state index is 3.72. The SMILES string of the molecule is CC1CC(NCC2CCSC2)CS1. The van der Waals surface area contributed by atoms with Crippen molar-refractivity contribution in [3.05, 3.63) is 0 Å². The summed E-state index contributed by atoms with van der Waals surface area (Å²) in [6, 6.07) is 0.811. The van der Waals surface area contributed by atoms with Crippen LogP contribution in [0, 0.1) is 5.92 Å². The quantitative estimate of drug-likeness (QED) is 0.778. The van der Waals surface area contributed by atoms with Crippen LogP contribution >= 0.6 is 23.5 Å². The summed E-state index contributed by atoms with van der Waals surface area (Å²) in [6.45, 7) is 3.61. The smallest absolute Gasteiger partial charge is 0.0168 e. The highest BCUT2D eigenvalue weighted by molar-refractivity contribution is 8.00. The minimum Gasteiger partial charge on any atom is -0.313 e. The lowest BCUT2D eigenvalue weighted by atomic mass is 10.1. The average molecular weight is 217 g/mol. The van der Waals surface area contributed by atoms with Gasteiger partial charge >= 0.3 is 0 Å². The van der Waals surface area contributed by atoms with Crippen molar-refractivity contribution < 1.29 is 0 Å². The Morgan fingerprint density at radius 2 is 2.31 bits per heavy atom. The summed E-state index contributed by atoms with van der Waals surface area (Å²) in [4.78, 5) is 0. The van der Waals surface area contributed by atoms with E-state index in [1.54, 1.807) is 0 Å². The normalized spacial score (nSPS) is 39.9. The third kappa shape index (κ3) is 3.07. The Morgan fingerprint density at radius 1 is 1.38 bits per heavy atom. The van der Waals surface area contributed by atoms with E-state index in [1.807, 2.05) is 0 Å². The Bertz CT molecular complexity index is 157. The molecule has 0 aromatic carbocycles. The maximum Gasteiger partial charge on any atom is 0.0168 e. The van der Waals surface area contributed by atoms with E-state index in [0.29, 0.717) is 0 Å². The van der Waals surface area contributed by atoms with Crippen LogP contribution in [0.3, 0.4) is 0 Å². The van der Waals surface area contributed by atoms with Gasteiger partial charge in [0.15, 0.2) is 0 Å². The van der Waals surface area contributed by atoms with E-state index < -0.39 is 0 Å². The average Bonchev–Trinajstić information content (AvgIpc) is 2.71. The Hall–Kier alpha value is 0.660. The number of rotatable bonds is 3. The zero-order valence-electron chi connectivity index (χ0n) is 8.29. The van der Waals surface area contributed by atoms with Gasteiger partial charge in [0.05, 0.1) is 0 Å². The van der Waals surface area contributed by atoms with Crippen LogP contribution in [0.4, 0.5) is 0 Å². The van der Waals surface area contributed by atoms with Gasteiger partial charge in [-0.15, -0.1) is 0 Å². The van der Waals surface area contributed by atoms with E-state index in [0.717, 1.165) is 17.2 Å². The molecule has 2 saturated heterocycles. The second-order valence-electron chi connectivity index (χ2n) is 4.21. The zero-order valence-corrected chi connectivity index (χ0v) is 9.92. The highest BCUT2D eigenvalue weighted by Gasteiger charge is 2.23. The van der Waals surface area contributed by atoms with Gasteiger partial charge in [-0.05, 0) is 36.8 Å². The standard InChI is InChI=1S/C10H19NS2/c1-8-4-10(7-13-8)11-5-9-2-3-12-6-9/h8-11H,2-7H2,1H3. The van der Waals surface area contributed by atoms with E-state index in [1.165, 1.54) is 36.6 Å². The second-order valence-corrected chi connectivity index (χ2v) is 6.84. The zero-order chi connectivity index (χ0) is 9.10. The molecule has 2 rings (SSSR count). The van der Waals surface area contributed by atoms with Crippen molar-refractivity contribution in [2.24, 2.45) is 5.92 Å². The van der Waals surface area contributed by atoms with Crippen LogP contribution in [0.25, 0.3) is 0 Å². The summed E-state index contributed by atoms with van der Waals surface area (Å²) in [5.74, 6) is 5.08. The van der Waals surface area contributed by atoms with Gasteiger partial charge in [0, 0.05) is 17.0 Å². The molecule has 0 amide bonds. The minimum absolute atomic E-state index is 0.811. The van der Waals surface area contributed by atoms with Gasteiger partial charge < -0.3 is 5.32 Å². The van der Waals surface area contributed by atoms with Gasteiger partial charge in [-0.1, -0.05) is 6.92 Å². The first-order chi connectivity index (χ1) is 6.34. The summed E-state index contributed by atoms with van der Waals surface area (Å²) in [7, 11) is 0. The number of nitrogens with one attached hydrogen (secondary N) is 1. The molecule has 2 aliphatic heterocycles. The van der Waals surface area contributed by atoms with Crippen LogP contribution in [-0.2, 0) is 0 Å². The highest BCUT2D eigenvalue weighted by atomic mass is 32.2. The summed E-state index contributed by atoms with van der Waals surface area (Å²) in [5, 5.41) is 4.60. The molecule has 2 heterocycles. The van der Waals surface area contributed by atoms with E-state index >= 15 is 0 Å². The molecule has 2 fully saturated rings. The van der Waals surface area contributed by atoms with Gasteiger partial charge in [-0.2, -0.15) is 23.5 Å². The molecule has 13 heavy (non-hydrogen) atoms. The Balaban J connectivity index is 1.62. The maximum absolute atomic E-state index is 3.72. The second kappa shape index (κ2) is 4.94. The lowest BCUT2D eigenvalue weighted by Gasteiger charge is -2.14. The topological polar surface area (TPSA) is 12.0 Å². The van der Waals surface area contributed by atoms with Crippen molar-refractivity contribution in [1.82, 2.24) is 5.32 Å². The van der Waals surface area contributed by atoms with Crippen LogP contribution in [0.1, 0.15) is 19.8 Å². The van der Waals surface area contributed by atoms with Crippen molar-refractivity contribution in [1.29, 1.82) is 0 Å². The Morgan fingerprint density at radius 3 is 2.92 bits per heavy atom. The first kappa shape index (κ1) is 10.2. The lowest BCUT2D eigenvalue weighted by Crippen LogP contribution is -2.33. The van der Waals surface area contributed by atoms with Gasteiger partial charge in [-0.25, -0.2) is 0 Å². The first-order valence-electron chi connectivity index (χ1n) is 5.27. The molecule has 3 atom stereocenters. The van der Waals surface area contributed by atoms with E-state index in [2.05, 4.69) is 35.8 Å². The largest absolute Gasteiger partial charge is 0.313 e. The molecule has 1 nitrogen and oxygen atoms in total. The summed E-state index contributed by atoms with van der Waals surface area (Å²) < 4.78 is 0. The third-order valence-electron chi connectivity index (χ3n) is 2.92. The fraction of sp³-hybridized carbons (Fsp3) is 1.00. The summed E-state index contributed by atoms with van der Waals surface area (Å²) >= 11 is 4.24. The summed E-state index contributed by atoms with van der Waals surface area (Å²) in [6.07, 6.45) is 2.82. The Kier molecular flexibility index (Phi) is 3.87. The van der Waals surface area contributed by atoms with Crippen molar-refractivity contribution >= 4 is 23.5 Å². The van der Waals surface area contributed by atoms with Crippen LogP contribution in [-0.4, -0.2) is 35.1 Å². The number of hydrogen-bond donors (Lipinski definition) is 1. The Labute approximate surface area is 89.8 Å². The van der Waals surface area contributed by atoms with Gasteiger partial charge in [-0.3, -0.25) is 0 Å². The van der Waals surface area contributed by atoms with E-state index in [9.17, 15) is 0 Å². The van der Waals surface area contributed by atoms with Crippen molar-refractivity contribution in [2.45, 2.75) is 31.1 Å². The first-order valence-corrected chi connectivity index (χ1v) is 7.47. The molecule has 0 aliphatic carbocycles. The molecular formula is C10H19NS2. The van der Waals surface area contributed by atoms with Crippen LogP contribution in [0.5, 0.6) is 0 Å². The molecule has 0 spiro atoms. The van der Waals surface area contributed by atoms with E-state index in [-0.39, 0.29) is 0 Å². The number of thioether (sulfide) groups is 2. The molecular weight excluding hydrogens is 198 g/mol. The minimum atomic E-state index is 0.811. The predicted octanol–water partition coefficient (Wildman–Crippen LogP) is 2.22. The monoisotopic (exact) mass is 217 g/mol. The third-order valence-corrected chi connectivity index (χ3v) is 5.51. The molecule has 0 aromatic heterocycles.